The number of hydrogen-bond acceptors (Lipinski definition) is 4. The van der Waals surface area contributed by atoms with Crippen molar-refractivity contribution in [2.75, 3.05) is 19.5 Å². The highest BCUT2D eigenvalue weighted by Gasteiger charge is 2.00. The Labute approximate surface area is 79.3 Å². The van der Waals surface area contributed by atoms with E-state index in [1.54, 1.807) is 13.3 Å². The first-order chi connectivity index (χ1) is 5.74. The van der Waals surface area contributed by atoms with Crippen LogP contribution >= 0.6 is 15.9 Å². The molecule has 0 amide bonds. The number of halogens is 1. The van der Waals surface area contributed by atoms with Crippen LogP contribution in [0.5, 0.6) is 0 Å². The molecule has 1 rings (SSSR count). The maximum Gasteiger partial charge on any atom is 0.156 e. The number of nitrogens with zero attached hydrogens (tertiary/aromatic N) is 2. The largest absolute Gasteiger partial charge is 0.384 e. The Bertz CT molecular complexity index is 267. The molecule has 0 aliphatic heterocycles. The van der Waals surface area contributed by atoms with E-state index in [2.05, 4.69) is 25.9 Å². The van der Waals surface area contributed by atoms with Gasteiger partial charge >= 0.3 is 0 Å². The van der Waals surface area contributed by atoms with Crippen LogP contribution in [0, 0.1) is 0 Å². The third kappa shape index (κ3) is 2.42. The third-order valence-corrected chi connectivity index (χ3v) is 1.95. The second-order valence-electron chi connectivity index (χ2n) is 2.28. The number of rotatable bonds is 3. The van der Waals surface area contributed by atoms with E-state index in [0.29, 0.717) is 17.0 Å². The van der Waals surface area contributed by atoms with Gasteiger partial charge in [-0.1, -0.05) is 0 Å². The minimum atomic E-state index is 0.413. The lowest BCUT2D eigenvalue weighted by Gasteiger charge is -2.00. The van der Waals surface area contributed by atoms with Crippen LogP contribution in [0.1, 0.15) is 5.69 Å². The van der Waals surface area contributed by atoms with Gasteiger partial charge in [0.15, 0.2) is 5.82 Å². The van der Waals surface area contributed by atoms with Crippen LogP contribution in [0.15, 0.2) is 10.8 Å². The minimum absolute atomic E-state index is 0.413. The molecule has 0 atom stereocenters. The normalized spacial score (nSPS) is 10.2. The quantitative estimate of drug-likeness (QED) is 0.844. The molecule has 0 fully saturated rings. The van der Waals surface area contributed by atoms with Gasteiger partial charge in [-0.3, -0.25) is 0 Å². The summed E-state index contributed by atoms with van der Waals surface area (Å²) in [7, 11) is 1.65. The molecular formula is C7H10BrN3O. The average molecular weight is 232 g/mol. The van der Waals surface area contributed by atoms with Crippen molar-refractivity contribution in [3.63, 3.8) is 0 Å². The first-order valence-corrected chi connectivity index (χ1v) is 4.29. The number of methoxy groups -OCH3 is 1. The summed E-state index contributed by atoms with van der Waals surface area (Å²) in [5.74, 6) is 0.413. The molecule has 0 aromatic carbocycles. The van der Waals surface area contributed by atoms with E-state index < -0.39 is 0 Å². The molecule has 1 aromatic heterocycles. The number of nitrogen functional groups attached to an aromatic ring is 1. The molecule has 1 heterocycles. The lowest BCUT2D eigenvalue weighted by molar-refractivity contribution is 0.201. The van der Waals surface area contributed by atoms with E-state index in [-0.39, 0.29) is 0 Å². The zero-order valence-corrected chi connectivity index (χ0v) is 8.34. The molecule has 0 bridgehead atoms. The Balaban J connectivity index is 2.69. The lowest BCUT2D eigenvalue weighted by Crippen LogP contribution is -2.01. The Hall–Kier alpha value is -0.680. The highest BCUT2D eigenvalue weighted by Crippen LogP contribution is 2.13. The zero-order valence-electron chi connectivity index (χ0n) is 6.75. The van der Waals surface area contributed by atoms with Crippen LogP contribution in [-0.2, 0) is 11.2 Å². The number of hydrogen-bond donors (Lipinski definition) is 1. The fourth-order valence-electron chi connectivity index (χ4n) is 0.737. The van der Waals surface area contributed by atoms with Crippen molar-refractivity contribution in [3.8, 4) is 0 Å². The van der Waals surface area contributed by atoms with E-state index in [9.17, 15) is 0 Å². The Morgan fingerprint density at radius 3 is 3.00 bits per heavy atom. The smallest absolute Gasteiger partial charge is 0.156 e. The average Bonchev–Trinajstić information content (AvgIpc) is 2.07. The number of ether oxygens (including phenoxy) is 1. The van der Waals surface area contributed by atoms with Crippen molar-refractivity contribution >= 4 is 21.7 Å². The first-order valence-electron chi connectivity index (χ1n) is 3.50. The topological polar surface area (TPSA) is 61.0 Å². The Morgan fingerprint density at radius 1 is 1.67 bits per heavy atom. The highest BCUT2D eigenvalue weighted by molar-refractivity contribution is 9.10. The summed E-state index contributed by atoms with van der Waals surface area (Å²) >= 11 is 3.20. The Morgan fingerprint density at radius 2 is 2.42 bits per heavy atom. The predicted octanol–water partition coefficient (Wildman–Crippen LogP) is 1.01. The molecule has 1 aromatic rings. The van der Waals surface area contributed by atoms with Gasteiger partial charge in [-0.15, -0.1) is 0 Å². The summed E-state index contributed by atoms with van der Waals surface area (Å²) < 4.78 is 5.50. The molecule has 2 N–H and O–H groups in total. The summed E-state index contributed by atoms with van der Waals surface area (Å²) in [6.07, 6.45) is 2.40. The second kappa shape index (κ2) is 4.37. The second-order valence-corrected chi connectivity index (χ2v) is 3.03. The molecule has 5 heteroatoms. The van der Waals surface area contributed by atoms with Crippen molar-refractivity contribution in [2.24, 2.45) is 0 Å². The maximum atomic E-state index is 5.47. The van der Waals surface area contributed by atoms with Crippen LogP contribution in [-0.4, -0.2) is 23.7 Å². The zero-order chi connectivity index (χ0) is 8.97. The van der Waals surface area contributed by atoms with E-state index in [4.69, 9.17) is 10.5 Å². The third-order valence-electron chi connectivity index (χ3n) is 1.37. The van der Waals surface area contributed by atoms with Crippen LogP contribution in [0.25, 0.3) is 0 Å². The summed E-state index contributed by atoms with van der Waals surface area (Å²) in [5, 5.41) is 0. The van der Waals surface area contributed by atoms with Crippen LogP contribution < -0.4 is 5.73 Å². The molecule has 0 saturated heterocycles. The van der Waals surface area contributed by atoms with Crippen molar-refractivity contribution in [1.29, 1.82) is 0 Å². The Kier molecular flexibility index (Phi) is 3.43. The van der Waals surface area contributed by atoms with Crippen molar-refractivity contribution in [1.82, 2.24) is 9.97 Å². The van der Waals surface area contributed by atoms with Gasteiger partial charge in [0.2, 0.25) is 0 Å². The molecule has 0 aliphatic rings. The maximum absolute atomic E-state index is 5.47. The van der Waals surface area contributed by atoms with E-state index in [0.717, 1.165) is 12.1 Å². The van der Waals surface area contributed by atoms with E-state index >= 15 is 0 Å². The van der Waals surface area contributed by atoms with Gasteiger partial charge in [-0.05, 0) is 15.9 Å². The van der Waals surface area contributed by atoms with Crippen LogP contribution in [0.3, 0.4) is 0 Å². The molecule has 0 radical (unpaired) electrons. The number of anilines is 1. The fraction of sp³-hybridized carbons (Fsp3) is 0.429. The predicted molar refractivity (Wildman–Crippen MR) is 49.7 cm³/mol. The molecule has 0 unspecified atom stereocenters. The summed E-state index contributed by atoms with van der Waals surface area (Å²) in [6, 6.07) is 0. The van der Waals surface area contributed by atoms with Crippen LogP contribution in [0.2, 0.25) is 0 Å². The summed E-state index contributed by atoms with van der Waals surface area (Å²) in [6.45, 7) is 0.644. The summed E-state index contributed by atoms with van der Waals surface area (Å²) in [5.41, 5.74) is 6.34. The minimum Gasteiger partial charge on any atom is -0.384 e. The van der Waals surface area contributed by atoms with Gasteiger partial charge in [-0.2, -0.15) is 0 Å². The van der Waals surface area contributed by atoms with Gasteiger partial charge in [0.25, 0.3) is 0 Å². The van der Waals surface area contributed by atoms with Gasteiger partial charge in [-0.25, -0.2) is 9.97 Å². The molecule has 4 nitrogen and oxygen atoms in total. The van der Waals surface area contributed by atoms with Crippen LogP contribution in [0.4, 0.5) is 5.82 Å². The van der Waals surface area contributed by atoms with Crippen molar-refractivity contribution in [3.05, 3.63) is 16.5 Å². The lowest BCUT2D eigenvalue weighted by atomic mass is 10.3. The van der Waals surface area contributed by atoms with Crippen molar-refractivity contribution in [2.45, 2.75) is 6.42 Å². The number of nitrogens with two attached hydrogens (primary N) is 1. The molecule has 0 aliphatic carbocycles. The standard InChI is InChI=1S/C7H10BrN3O/c1-12-3-2-5-4-10-7(9)6(8)11-5/h4H,2-3H2,1H3,(H2,9,10). The van der Waals surface area contributed by atoms with Gasteiger partial charge < -0.3 is 10.5 Å². The van der Waals surface area contributed by atoms with Gasteiger partial charge in [0.05, 0.1) is 18.5 Å². The summed E-state index contributed by atoms with van der Waals surface area (Å²) in [4.78, 5) is 8.10. The highest BCUT2D eigenvalue weighted by atomic mass is 79.9. The van der Waals surface area contributed by atoms with Gasteiger partial charge in [0.1, 0.15) is 4.60 Å². The molecular weight excluding hydrogens is 222 g/mol. The monoisotopic (exact) mass is 231 g/mol. The number of aromatic nitrogens is 2. The van der Waals surface area contributed by atoms with E-state index in [1.165, 1.54) is 0 Å². The molecule has 0 spiro atoms. The van der Waals surface area contributed by atoms with E-state index in [1.807, 2.05) is 0 Å². The fourth-order valence-corrected chi connectivity index (χ4v) is 1.07. The molecule has 0 saturated carbocycles. The molecule has 12 heavy (non-hydrogen) atoms. The SMILES string of the molecule is COCCc1cnc(N)c(Br)n1. The van der Waals surface area contributed by atoms with Gasteiger partial charge in [0, 0.05) is 13.5 Å². The van der Waals surface area contributed by atoms with Crippen molar-refractivity contribution < 1.29 is 4.74 Å². The molecule has 66 valence electrons. The first kappa shape index (κ1) is 9.41.